The van der Waals surface area contributed by atoms with Crippen LogP contribution in [-0.4, -0.2) is 54.5 Å². The summed E-state index contributed by atoms with van der Waals surface area (Å²) < 4.78 is 0. The highest BCUT2D eigenvalue weighted by Crippen LogP contribution is 2.48. The number of benzene rings is 2. The molecule has 0 aliphatic carbocycles. The van der Waals surface area contributed by atoms with Crippen LogP contribution in [0.25, 0.3) is 0 Å². The highest BCUT2D eigenvalue weighted by molar-refractivity contribution is 7.99. The molecule has 146 valence electrons. The fourth-order valence-electron chi connectivity index (χ4n) is 4.62. The van der Waals surface area contributed by atoms with Crippen molar-refractivity contribution in [2.45, 2.75) is 35.1 Å². The van der Waals surface area contributed by atoms with Gasteiger partial charge in [0.25, 0.3) is 0 Å². The van der Waals surface area contributed by atoms with Crippen LogP contribution in [0, 0.1) is 0 Å². The highest BCUT2D eigenvalue weighted by atomic mass is 35.5. The van der Waals surface area contributed by atoms with Gasteiger partial charge in [0.2, 0.25) is 5.91 Å². The molecule has 2 saturated heterocycles. The summed E-state index contributed by atoms with van der Waals surface area (Å²) in [6.07, 6.45) is 3.14. The van der Waals surface area contributed by atoms with Crippen LogP contribution in [-0.2, 0) is 4.79 Å². The summed E-state index contributed by atoms with van der Waals surface area (Å²) in [5.41, 5.74) is 1.87. The number of hydrogen-bond donors (Lipinski definition) is 0. The van der Waals surface area contributed by atoms with Crippen LogP contribution in [0.5, 0.6) is 0 Å². The van der Waals surface area contributed by atoms with Gasteiger partial charge in [0.05, 0.1) is 11.4 Å². The van der Waals surface area contributed by atoms with E-state index in [-0.39, 0.29) is 5.91 Å². The molecule has 2 aromatic rings. The molecule has 3 aliphatic rings. The van der Waals surface area contributed by atoms with Gasteiger partial charge < -0.3 is 0 Å². The number of halogens is 1. The van der Waals surface area contributed by atoms with Crippen LogP contribution in [0.2, 0.25) is 5.02 Å². The standard InChI is InChI=1S/C22H24ClN3OS/c23-16-7-8-21-19(14-16)26(18-5-1-2-6-20(18)28-21)22(27)9-11-24-12-13-25-10-3-4-17(25)15-24/h1-2,5-8,14,17H,3-4,9-13,15H2/t17-/m1/s1. The maximum Gasteiger partial charge on any atom is 0.232 e. The van der Waals surface area contributed by atoms with E-state index in [4.69, 9.17) is 11.6 Å². The number of carbonyl (C=O) groups excluding carboxylic acids is 1. The van der Waals surface area contributed by atoms with Crippen LogP contribution in [0.4, 0.5) is 11.4 Å². The zero-order valence-corrected chi connectivity index (χ0v) is 17.4. The van der Waals surface area contributed by atoms with E-state index in [1.165, 1.54) is 19.4 Å². The van der Waals surface area contributed by atoms with Crippen LogP contribution in [0.15, 0.2) is 52.3 Å². The molecule has 3 heterocycles. The van der Waals surface area contributed by atoms with Gasteiger partial charge in [-0.15, -0.1) is 0 Å². The minimum absolute atomic E-state index is 0.144. The molecule has 2 aromatic carbocycles. The molecule has 0 radical (unpaired) electrons. The molecule has 4 nitrogen and oxygen atoms in total. The van der Waals surface area contributed by atoms with Crippen molar-refractivity contribution in [3.8, 4) is 0 Å². The summed E-state index contributed by atoms with van der Waals surface area (Å²) in [6, 6.07) is 14.6. The van der Waals surface area contributed by atoms with Crippen molar-refractivity contribution in [3.05, 3.63) is 47.5 Å². The zero-order chi connectivity index (χ0) is 19.1. The Morgan fingerprint density at radius 1 is 1.07 bits per heavy atom. The third-order valence-electron chi connectivity index (χ3n) is 6.05. The largest absolute Gasteiger partial charge is 0.300 e. The second-order valence-corrected chi connectivity index (χ2v) is 9.31. The SMILES string of the molecule is O=C(CCN1CCN2CCC[C@@H]2C1)N1c2ccccc2Sc2ccc(Cl)cc21. The van der Waals surface area contributed by atoms with E-state index in [1.807, 2.05) is 41.3 Å². The van der Waals surface area contributed by atoms with Crippen molar-refractivity contribution < 1.29 is 4.79 Å². The Kier molecular flexibility index (Phi) is 5.09. The number of rotatable bonds is 3. The maximum atomic E-state index is 13.3. The minimum atomic E-state index is 0.144. The smallest absolute Gasteiger partial charge is 0.232 e. The van der Waals surface area contributed by atoms with Crippen LogP contribution in [0.3, 0.4) is 0 Å². The third kappa shape index (κ3) is 3.45. The summed E-state index contributed by atoms with van der Waals surface area (Å²) in [4.78, 5) is 22.5. The molecule has 0 spiro atoms. The quantitative estimate of drug-likeness (QED) is 0.732. The number of nitrogens with zero attached hydrogens (tertiary/aromatic N) is 3. The fraction of sp³-hybridized carbons (Fsp3) is 0.409. The molecular weight excluding hydrogens is 390 g/mol. The number of fused-ring (bicyclic) bond motifs is 3. The van der Waals surface area contributed by atoms with Crippen LogP contribution in [0.1, 0.15) is 19.3 Å². The number of anilines is 2. The summed E-state index contributed by atoms with van der Waals surface area (Å²) in [6.45, 7) is 5.38. The van der Waals surface area contributed by atoms with Crippen molar-refractivity contribution >= 4 is 40.6 Å². The average molecular weight is 414 g/mol. The van der Waals surface area contributed by atoms with Gasteiger partial charge in [-0.1, -0.05) is 35.5 Å². The van der Waals surface area contributed by atoms with Crippen LogP contribution < -0.4 is 4.90 Å². The topological polar surface area (TPSA) is 26.8 Å². The normalized spacial score (nSPS) is 21.9. The van der Waals surface area contributed by atoms with E-state index in [2.05, 4.69) is 15.9 Å². The van der Waals surface area contributed by atoms with Gasteiger partial charge in [0.15, 0.2) is 0 Å². The molecular formula is C22H24ClN3OS. The fourth-order valence-corrected chi connectivity index (χ4v) is 5.83. The first-order valence-electron chi connectivity index (χ1n) is 10.0. The summed E-state index contributed by atoms with van der Waals surface area (Å²) >= 11 is 7.96. The molecule has 2 fully saturated rings. The summed E-state index contributed by atoms with van der Waals surface area (Å²) in [5, 5.41) is 0.661. The number of para-hydroxylation sites is 1. The molecule has 3 aliphatic heterocycles. The number of piperazine rings is 1. The molecule has 1 amide bonds. The lowest BCUT2D eigenvalue weighted by Gasteiger charge is -2.38. The third-order valence-corrected chi connectivity index (χ3v) is 7.42. The molecule has 0 N–H and O–H groups in total. The monoisotopic (exact) mass is 413 g/mol. The van der Waals surface area contributed by atoms with Gasteiger partial charge in [-0.05, 0) is 49.7 Å². The Morgan fingerprint density at radius 2 is 1.93 bits per heavy atom. The van der Waals surface area contributed by atoms with Gasteiger partial charge >= 0.3 is 0 Å². The van der Waals surface area contributed by atoms with Crippen molar-refractivity contribution in [1.82, 2.24) is 9.80 Å². The predicted octanol–water partition coefficient (Wildman–Crippen LogP) is 4.64. The van der Waals surface area contributed by atoms with E-state index in [0.29, 0.717) is 17.5 Å². The van der Waals surface area contributed by atoms with E-state index < -0.39 is 0 Å². The van der Waals surface area contributed by atoms with Gasteiger partial charge in [0.1, 0.15) is 0 Å². The Balaban J connectivity index is 1.35. The predicted molar refractivity (Wildman–Crippen MR) is 115 cm³/mol. The Bertz CT molecular complexity index is 905. The lowest BCUT2D eigenvalue weighted by atomic mass is 10.1. The van der Waals surface area contributed by atoms with Crippen molar-refractivity contribution in [1.29, 1.82) is 0 Å². The summed E-state index contributed by atoms with van der Waals surface area (Å²) in [5.74, 6) is 0.144. The molecule has 0 unspecified atom stereocenters. The molecule has 28 heavy (non-hydrogen) atoms. The van der Waals surface area contributed by atoms with E-state index in [0.717, 1.165) is 47.3 Å². The van der Waals surface area contributed by atoms with Gasteiger partial charge in [-0.25, -0.2) is 0 Å². The first kappa shape index (κ1) is 18.5. The van der Waals surface area contributed by atoms with E-state index in [9.17, 15) is 4.79 Å². The first-order chi connectivity index (χ1) is 13.7. The molecule has 0 aromatic heterocycles. The summed E-state index contributed by atoms with van der Waals surface area (Å²) in [7, 11) is 0. The first-order valence-corrected chi connectivity index (χ1v) is 11.2. The second kappa shape index (κ2) is 7.71. The maximum absolute atomic E-state index is 13.3. The Hall–Kier alpha value is -1.53. The van der Waals surface area contributed by atoms with Crippen molar-refractivity contribution in [2.75, 3.05) is 37.6 Å². The lowest BCUT2D eigenvalue weighted by molar-refractivity contribution is -0.118. The molecule has 5 rings (SSSR count). The average Bonchev–Trinajstić information content (AvgIpc) is 3.18. The van der Waals surface area contributed by atoms with E-state index >= 15 is 0 Å². The van der Waals surface area contributed by atoms with Gasteiger partial charge in [0, 0.05) is 53.5 Å². The van der Waals surface area contributed by atoms with Gasteiger partial charge in [-0.3, -0.25) is 19.5 Å². The molecule has 1 atom stereocenters. The van der Waals surface area contributed by atoms with E-state index in [1.54, 1.807) is 11.8 Å². The molecule has 0 saturated carbocycles. The Labute approximate surface area is 175 Å². The van der Waals surface area contributed by atoms with Crippen LogP contribution >= 0.6 is 23.4 Å². The second-order valence-electron chi connectivity index (χ2n) is 7.79. The lowest BCUT2D eigenvalue weighted by Crippen LogP contribution is -2.50. The highest BCUT2D eigenvalue weighted by Gasteiger charge is 2.32. The zero-order valence-electron chi connectivity index (χ0n) is 15.8. The number of carbonyl (C=O) groups is 1. The number of amides is 1. The Morgan fingerprint density at radius 3 is 2.86 bits per heavy atom. The minimum Gasteiger partial charge on any atom is -0.300 e. The van der Waals surface area contributed by atoms with Crippen molar-refractivity contribution in [2.24, 2.45) is 0 Å². The molecule has 0 bridgehead atoms. The number of hydrogen-bond acceptors (Lipinski definition) is 4. The van der Waals surface area contributed by atoms with Gasteiger partial charge in [-0.2, -0.15) is 0 Å². The van der Waals surface area contributed by atoms with Crippen molar-refractivity contribution in [3.63, 3.8) is 0 Å². The molecule has 6 heteroatoms.